The number of hydrogen-bond donors (Lipinski definition) is 0. The maximum Gasteiger partial charge on any atom is 0.417 e. The fourth-order valence-corrected chi connectivity index (χ4v) is 5.05. The summed E-state index contributed by atoms with van der Waals surface area (Å²) in [6, 6.07) is 11.3. The van der Waals surface area contributed by atoms with Gasteiger partial charge in [0.25, 0.3) is 0 Å². The number of ether oxygens (including phenoxy) is 3. The van der Waals surface area contributed by atoms with Crippen molar-refractivity contribution < 1.29 is 36.2 Å². The van der Waals surface area contributed by atoms with Crippen molar-refractivity contribution in [3.63, 3.8) is 0 Å². The van der Waals surface area contributed by atoms with Crippen LogP contribution in [0.3, 0.4) is 0 Å². The third-order valence-electron chi connectivity index (χ3n) is 7.29. The fraction of sp³-hybridized carbons (Fsp3) is 0.379. The maximum absolute atomic E-state index is 14.7. The number of aryl methyl sites for hydroxylation is 1. The highest BCUT2D eigenvalue weighted by molar-refractivity contribution is 5.67. The SMILES string of the molecule is C=C(C)c1c(C)nc([C@@H]2O[C@@](C)(C(F)(F)F)[C@@H](C)[C@H]2c2ccc(F)c(F)c2OC)nc1OCc1ccccc1. The van der Waals surface area contributed by atoms with E-state index in [1.54, 1.807) is 13.8 Å². The van der Waals surface area contributed by atoms with Crippen LogP contribution in [0.4, 0.5) is 22.0 Å². The Kier molecular flexibility index (Phi) is 7.71. The Bertz CT molecular complexity index is 1380. The molecule has 0 saturated carbocycles. The minimum atomic E-state index is -4.79. The molecule has 0 bridgehead atoms. The van der Waals surface area contributed by atoms with Crippen LogP contribution in [-0.2, 0) is 11.3 Å². The summed E-state index contributed by atoms with van der Waals surface area (Å²) in [6.45, 7) is 9.79. The van der Waals surface area contributed by atoms with E-state index in [9.17, 15) is 22.0 Å². The van der Waals surface area contributed by atoms with Crippen LogP contribution in [0.2, 0.25) is 0 Å². The Morgan fingerprint density at radius 2 is 1.77 bits per heavy atom. The lowest BCUT2D eigenvalue weighted by Crippen LogP contribution is -2.46. The lowest BCUT2D eigenvalue weighted by molar-refractivity contribution is -0.275. The van der Waals surface area contributed by atoms with Gasteiger partial charge in [-0.3, -0.25) is 0 Å². The van der Waals surface area contributed by atoms with Gasteiger partial charge in [-0.25, -0.2) is 9.37 Å². The summed E-state index contributed by atoms with van der Waals surface area (Å²) < 4.78 is 88.7. The molecule has 2 aromatic carbocycles. The summed E-state index contributed by atoms with van der Waals surface area (Å²) in [6.07, 6.45) is -6.17. The Hall–Kier alpha value is -3.53. The molecule has 0 unspecified atom stereocenters. The number of benzene rings is 2. The van der Waals surface area contributed by atoms with E-state index in [1.165, 1.54) is 13.0 Å². The number of aromatic nitrogens is 2. The van der Waals surface area contributed by atoms with Gasteiger partial charge in [-0.1, -0.05) is 49.9 Å². The highest BCUT2D eigenvalue weighted by Gasteiger charge is 2.65. The summed E-state index contributed by atoms with van der Waals surface area (Å²) in [5, 5.41) is 0. The Balaban J connectivity index is 1.88. The van der Waals surface area contributed by atoms with Crippen molar-refractivity contribution in [1.82, 2.24) is 9.97 Å². The van der Waals surface area contributed by atoms with E-state index in [2.05, 4.69) is 16.5 Å². The molecule has 39 heavy (non-hydrogen) atoms. The van der Waals surface area contributed by atoms with E-state index in [-0.39, 0.29) is 23.9 Å². The van der Waals surface area contributed by atoms with Gasteiger partial charge in [0.05, 0.1) is 18.4 Å². The number of hydrogen-bond acceptors (Lipinski definition) is 5. The molecule has 4 atom stereocenters. The molecule has 5 nitrogen and oxygen atoms in total. The number of nitrogens with zero attached hydrogens (tertiary/aromatic N) is 2. The lowest BCUT2D eigenvalue weighted by Gasteiger charge is -2.32. The van der Waals surface area contributed by atoms with Crippen LogP contribution in [0.25, 0.3) is 5.57 Å². The van der Waals surface area contributed by atoms with Crippen LogP contribution in [-0.4, -0.2) is 28.9 Å². The molecule has 208 valence electrons. The zero-order chi connectivity index (χ0) is 28.7. The van der Waals surface area contributed by atoms with Crippen LogP contribution in [0, 0.1) is 24.5 Å². The van der Waals surface area contributed by atoms with Gasteiger partial charge in [0.1, 0.15) is 12.7 Å². The van der Waals surface area contributed by atoms with Crippen molar-refractivity contribution >= 4 is 5.57 Å². The highest BCUT2D eigenvalue weighted by Crippen LogP contribution is 2.59. The van der Waals surface area contributed by atoms with Crippen LogP contribution >= 0.6 is 0 Å². The second-order valence-electron chi connectivity index (χ2n) is 9.84. The van der Waals surface area contributed by atoms with Crippen molar-refractivity contribution in [1.29, 1.82) is 0 Å². The minimum Gasteiger partial charge on any atom is -0.493 e. The van der Waals surface area contributed by atoms with Gasteiger partial charge in [0.15, 0.2) is 23.0 Å². The van der Waals surface area contributed by atoms with Crippen molar-refractivity contribution in [3.8, 4) is 11.6 Å². The molecule has 1 aliphatic rings. The molecule has 3 aromatic rings. The molecular weight excluding hydrogens is 519 g/mol. The molecule has 0 amide bonds. The van der Waals surface area contributed by atoms with Crippen molar-refractivity contribution in [3.05, 3.63) is 88.9 Å². The Morgan fingerprint density at radius 1 is 1.10 bits per heavy atom. The van der Waals surface area contributed by atoms with Gasteiger partial charge in [-0.15, -0.1) is 0 Å². The second-order valence-corrected chi connectivity index (χ2v) is 9.84. The number of rotatable bonds is 7. The quantitative estimate of drug-likeness (QED) is 0.286. The predicted molar refractivity (Wildman–Crippen MR) is 135 cm³/mol. The van der Waals surface area contributed by atoms with E-state index >= 15 is 0 Å². The fourth-order valence-electron chi connectivity index (χ4n) is 5.05. The van der Waals surface area contributed by atoms with Gasteiger partial charge in [0, 0.05) is 17.4 Å². The standard InChI is InChI=1S/C29H29F5N2O3/c1-15(2)21-17(4)35-26(36-27(21)38-14-18-10-8-7-9-11-18)25-22(16(3)28(5,39-25)29(32,33)34)19-12-13-20(30)23(31)24(19)37-6/h7-13,16,22,25H,1,14H2,2-6H3/t16-,22-,25+,28+/m0/s1. The number of alkyl halides is 3. The molecule has 1 fully saturated rings. The zero-order valence-corrected chi connectivity index (χ0v) is 22.2. The van der Waals surface area contributed by atoms with Gasteiger partial charge in [0.2, 0.25) is 11.7 Å². The highest BCUT2D eigenvalue weighted by atomic mass is 19.4. The van der Waals surface area contributed by atoms with E-state index in [4.69, 9.17) is 14.2 Å². The van der Waals surface area contributed by atoms with Gasteiger partial charge < -0.3 is 14.2 Å². The number of allylic oxidation sites excluding steroid dienone is 1. The molecule has 0 N–H and O–H groups in total. The molecule has 0 spiro atoms. The van der Waals surface area contributed by atoms with Crippen LogP contribution in [0.5, 0.6) is 11.6 Å². The molecule has 0 radical (unpaired) electrons. The summed E-state index contributed by atoms with van der Waals surface area (Å²) in [5.41, 5.74) is -0.249. The van der Waals surface area contributed by atoms with Crippen LogP contribution in [0.1, 0.15) is 61.0 Å². The van der Waals surface area contributed by atoms with E-state index in [1.807, 2.05) is 30.3 Å². The first kappa shape index (κ1) is 28.5. The van der Waals surface area contributed by atoms with Gasteiger partial charge in [-0.2, -0.15) is 22.5 Å². The van der Waals surface area contributed by atoms with Gasteiger partial charge >= 0.3 is 6.18 Å². The van der Waals surface area contributed by atoms with E-state index < -0.39 is 47.1 Å². The molecule has 2 heterocycles. The van der Waals surface area contributed by atoms with Crippen molar-refractivity contribution in [2.45, 2.75) is 58.1 Å². The molecule has 1 saturated heterocycles. The largest absolute Gasteiger partial charge is 0.493 e. The molecule has 10 heteroatoms. The smallest absolute Gasteiger partial charge is 0.417 e. The Morgan fingerprint density at radius 3 is 2.36 bits per heavy atom. The minimum absolute atomic E-state index is 0.0128. The summed E-state index contributed by atoms with van der Waals surface area (Å²) >= 11 is 0. The third kappa shape index (κ3) is 5.09. The van der Waals surface area contributed by atoms with Crippen LogP contribution in [0.15, 0.2) is 49.0 Å². The molecular formula is C29H29F5N2O3. The summed E-state index contributed by atoms with van der Waals surface area (Å²) in [5.74, 6) is -5.34. The van der Waals surface area contributed by atoms with Crippen LogP contribution < -0.4 is 9.47 Å². The van der Waals surface area contributed by atoms with Crippen molar-refractivity contribution in [2.75, 3.05) is 7.11 Å². The van der Waals surface area contributed by atoms with E-state index in [0.29, 0.717) is 16.8 Å². The average Bonchev–Trinajstić information content (AvgIpc) is 3.16. The topological polar surface area (TPSA) is 53.5 Å². The van der Waals surface area contributed by atoms with Gasteiger partial charge in [-0.05, 0) is 38.0 Å². The third-order valence-corrected chi connectivity index (χ3v) is 7.29. The lowest BCUT2D eigenvalue weighted by atomic mass is 9.77. The van der Waals surface area contributed by atoms with E-state index in [0.717, 1.165) is 25.7 Å². The summed E-state index contributed by atoms with van der Waals surface area (Å²) in [4.78, 5) is 9.00. The monoisotopic (exact) mass is 548 g/mol. The molecule has 4 rings (SSSR count). The number of halogens is 5. The Labute approximate surface area is 223 Å². The number of methoxy groups -OCH3 is 1. The first-order valence-electron chi connectivity index (χ1n) is 12.3. The predicted octanol–water partition coefficient (Wildman–Crippen LogP) is 7.50. The average molecular weight is 549 g/mol. The second kappa shape index (κ2) is 10.6. The normalized spacial score (nSPS) is 23.1. The molecule has 0 aliphatic carbocycles. The summed E-state index contributed by atoms with van der Waals surface area (Å²) in [7, 11) is 1.12. The van der Waals surface area contributed by atoms with Crippen molar-refractivity contribution in [2.24, 2.45) is 5.92 Å². The first-order chi connectivity index (χ1) is 18.3. The zero-order valence-electron chi connectivity index (χ0n) is 22.2. The molecule has 1 aromatic heterocycles. The maximum atomic E-state index is 14.7. The first-order valence-corrected chi connectivity index (χ1v) is 12.3. The molecule has 1 aliphatic heterocycles.